The van der Waals surface area contributed by atoms with E-state index >= 15 is 0 Å². The molecule has 0 N–H and O–H groups in total. The van der Waals surface area contributed by atoms with Gasteiger partial charge < -0.3 is 4.90 Å². The molecule has 1 fully saturated rings. The van der Waals surface area contributed by atoms with Crippen LogP contribution in [0.4, 0.5) is 10.1 Å². The lowest BCUT2D eigenvalue weighted by Crippen LogP contribution is -2.27. The number of anilines is 1. The lowest BCUT2D eigenvalue weighted by Gasteiger charge is -2.26. The Labute approximate surface area is 105 Å². The van der Waals surface area contributed by atoms with Crippen molar-refractivity contribution >= 4 is 21.6 Å². The van der Waals surface area contributed by atoms with E-state index in [0.717, 1.165) is 18.5 Å². The smallest absolute Gasteiger partial charge is 0.123 e. The highest BCUT2D eigenvalue weighted by Gasteiger charge is 2.29. The average molecular weight is 286 g/mol. The largest absolute Gasteiger partial charge is 0.368 e. The van der Waals surface area contributed by atoms with Crippen molar-refractivity contribution < 1.29 is 4.39 Å². The van der Waals surface area contributed by atoms with E-state index in [2.05, 4.69) is 27.8 Å². The first-order chi connectivity index (χ1) is 7.76. The quantitative estimate of drug-likeness (QED) is 0.737. The molecule has 0 aromatic heterocycles. The summed E-state index contributed by atoms with van der Waals surface area (Å²) in [7, 11) is 0. The summed E-state index contributed by atoms with van der Waals surface area (Å²) in [5.41, 5.74) is 2.25. The fraction of sp³-hybridized carbons (Fsp3) is 0.538. The summed E-state index contributed by atoms with van der Waals surface area (Å²) in [4.78, 5) is 2.43. The molecule has 88 valence electrons. The van der Waals surface area contributed by atoms with Crippen molar-refractivity contribution in [2.75, 3.05) is 11.4 Å². The van der Waals surface area contributed by atoms with Crippen molar-refractivity contribution in [2.45, 2.75) is 37.6 Å². The summed E-state index contributed by atoms with van der Waals surface area (Å²) in [6, 6.07) is 5.80. The fourth-order valence-corrected chi connectivity index (χ4v) is 2.52. The molecule has 1 aliphatic carbocycles. The molecule has 1 saturated carbocycles. The van der Waals surface area contributed by atoms with Crippen LogP contribution >= 0.6 is 15.9 Å². The number of benzene rings is 1. The highest BCUT2D eigenvalue weighted by Crippen LogP contribution is 2.34. The van der Waals surface area contributed by atoms with Gasteiger partial charge in [-0.1, -0.05) is 22.9 Å². The van der Waals surface area contributed by atoms with Crippen LogP contribution in [0.3, 0.4) is 0 Å². The van der Waals surface area contributed by atoms with Gasteiger partial charge in [0.1, 0.15) is 5.82 Å². The maximum absolute atomic E-state index is 13.2. The zero-order chi connectivity index (χ0) is 11.5. The minimum atomic E-state index is -0.148. The zero-order valence-corrected chi connectivity index (χ0v) is 11.1. The summed E-state index contributed by atoms with van der Waals surface area (Å²) in [5, 5.41) is 0.715. The number of nitrogens with zero attached hydrogens (tertiary/aromatic N) is 1. The van der Waals surface area contributed by atoms with Crippen molar-refractivity contribution in [3.8, 4) is 0 Å². The Morgan fingerprint density at radius 3 is 2.75 bits per heavy atom. The second-order valence-corrected chi connectivity index (χ2v) is 4.89. The molecule has 0 radical (unpaired) electrons. The molecule has 0 saturated heterocycles. The molecule has 0 amide bonds. The molecule has 0 heterocycles. The molecule has 0 spiro atoms. The van der Waals surface area contributed by atoms with E-state index in [-0.39, 0.29) is 5.82 Å². The maximum Gasteiger partial charge on any atom is 0.123 e. The summed E-state index contributed by atoms with van der Waals surface area (Å²) >= 11 is 3.44. The van der Waals surface area contributed by atoms with Gasteiger partial charge in [0.2, 0.25) is 0 Å². The molecule has 16 heavy (non-hydrogen) atoms. The number of hydrogen-bond donors (Lipinski definition) is 0. The van der Waals surface area contributed by atoms with Gasteiger partial charge in [-0.25, -0.2) is 4.39 Å². The van der Waals surface area contributed by atoms with Gasteiger partial charge in [0, 0.05) is 23.6 Å². The highest BCUT2D eigenvalue weighted by molar-refractivity contribution is 9.08. The first-order valence-electron chi connectivity index (χ1n) is 5.87. The molecule has 1 aliphatic rings. The van der Waals surface area contributed by atoms with E-state index in [4.69, 9.17) is 0 Å². The molecule has 1 aromatic carbocycles. The predicted octanol–water partition coefficient (Wildman–Crippen LogP) is 4.10. The van der Waals surface area contributed by atoms with E-state index in [9.17, 15) is 4.39 Å². The number of alkyl halides is 1. The van der Waals surface area contributed by atoms with Gasteiger partial charge in [-0.15, -0.1) is 0 Å². The molecule has 3 heteroatoms. The van der Waals surface area contributed by atoms with Gasteiger partial charge in [0.05, 0.1) is 0 Å². The minimum Gasteiger partial charge on any atom is -0.368 e. The average Bonchev–Trinajstić information content (AvgIpc) is 3.10. The fourth-order valence-electron chi connectivity index (χ4n) is 2.07. The Balaban J connectivity index is 2.28. The van der Waals surface area contributed by atoms with Gasteiger partial charge in [0.25, 0.3) is 0 Å². The Morgan fingerprint density at radius 2 is 2.19 bits per heavy atom. The molecule has 0 aliphatic heterocycles. The summed E-state index contributed by atoms with van der Waals surface area (Å²) in [6.07, 6.45) is 3.69. The Morgan fingerprint density at radius 1 is 1.44 bits per heavy atom. The molecular formula is C13H17BrFN. The predicted molar refractivity (Wildman–Crippen MR) is 69.7 cm³/mol. The second-order valence-electron chi connectivity index (χ2n) is 4.33. The maximum atomic E-state index is 13.2. The molecule has 0 bridgehead atoms. The number of halogens is 2. The van der Waals surface area contributed by atoms with Crippen LogP contribution in [0.15, 0.2) is 18.2 Å². The van der Waals surface area contributed by atoms with Gasteiger partial charge >= 0.3 is 0 Å². The van der Waals surface area contributed by atoms with E-state index < -0.39 is 0 Å². The van der Waals surface area contributed by atoms with E-state index in [1.807, 2.05) is 6.07 Å². The molecule has 1 nitrogen and oxygen atoms in total. The third-order valence-electron chi connectivity index (χ3n) is 2.95. The summed E-state index contributed by atoms with van der Waals surface area (Å²) in [5.74, 6) is -0.148. The lowest BCUT2D eigenvalue weighted by atomic mass is 10.1. The molecule has 2 rings (SSSR count). The van der Waals surface area contributed by atoms with Gasteiger partial charge in [-0.3, -0.25) is 0 Å². The summed E-state index contributed by atoms with van der Waals surface area (Å²) < 4.78 is 13.2. The third-order valence-corrected chi connectivity index (χ3v) is 3.55. The van der Waals surface area contributed by atoms with Crippen LogP contribution in [0.2, 0.25) is 0 Å². The van der Waals surface area contributed by atoms with Crippen LogP contribution < -0.4 is 4.90 Å². The van der Waals surface area contributed by atoms with Crippen molar-refractivity contribution in [1.82, 2.24) is 0 Å². The number of hydrogen-bond acceptors (Lipinski definition) is 1. The number of rotatable bonds is 5. The summed E-state index contributed by atoms with van der Waals surface area (Å²) in [6.45, 7) is 3.25. The van der Waals surface area contributed by atoms with Crippen molar-refractivity contribution in [3.63, 3.8) is 0 Å². The van der Waals surface area contributed by atoms with Crippen LogP contribution in [-0.4, -0.2) is 12.6 Å². The lowest BCUT2D eigenvalue weighted by molar-refractivity contribution is 0.625. The van der Waals surface area contributed by atoms with Gasteiger partial charge in [-0.2, -0.15) is 0 Å². The van der Waals surface area contributed by atoms with Crippen molar-refractivity contribution in [3.05, 3.63) is 29.6 Å². The zero-order valence-electron chi connectivity index (χ0n) is 9.55. The van der Waals surface area contributed by atoms with E-state index in [1.165, 1.54) is 18.5 Å². The van der Waals surface area contributed by atoms with Crippen LogP contribution in [0.1, 0.15) is 31.7 Å². The van der Waals surface area contributed by atoms with Crippen molar-refractivity contribution in [2.24, 2.45) is 0 Å². The van der Waals surface area contributed by atoms with Crippen LogP contribution in [-0.2, 0) is 5.33 Å². The van der Waals surface area contributed by atoms with Crippen LogP contribution in [0.25, 0.3) is 0 Å². The Bertz CT molecular complexity index is 363. The van der Waals surface area contributed by atoms with E-state index in [1.54, 1.807) is 12.1 Å². The van der Waals surface area contributed by atoms with Crippen LogP contribution in [0.5, 0.6) is 0 Å². The normalized spacial score (nSPS) is 15.2. The topological polar surface area (TPSA) is 3.24 Å². The van der Waals surface area contributed by atoms with Crippen molar-refractivity contribution in [1.29, 1.82) is 0 Å². The molecular weight excluding hydrogens is 269 g/mol. The SMILES string of the molecule is CCCN(c1ccc(F)cc1CBr)C1CC1. The second kappa shape index (κ2) is 5.17. The van der Waals surface area contributed by atoms with E-state index in [0.29, 0.717) is 11.4 Å². The highest BCUT2D eigenvalue weighted by atomic mass is 79.9. The third kappa shape index (κ3) is 2.57. The molecule has 1 aromatic rings. The first-order valence-corrected chi connectivity index (χ1v) is 6.99. The minimum absolute atomic E-state index is 0.148. The monoisotopic (exact) mass is 285 g/mol. The first kappa shape index (κ1) is 11.9. The standard InChI is InChI=1S/C13H17BrFN/c1-2-7-16(12-4-5-12)13-6-3-11(15)8-10(13)9-14/h3,6,8,12H,2,4-5,7,9H2,1H3. The molecule has 0 atom stereocenters. The Kier molecular flexibility index (Phi) is 3.85. The van der Waals surface area contributed by atoms with Gasteiger partial charge in [-0.05, 0) is 43.0 Å². The Hall–Kier alpha value is -0.570. The molecule has 0 unspecified atom stereocenters. The van der Waals surface area contributed by atoms with Gasteiger partial charge in [0.15, 0.2) is 0 Å². The van der Waals surface area contributed by atoms with Crippen LogP contribution in [0, 0.1) is 5.82 Å².